The third-order valence-electron chi connectivity index (χ3n) is 4.56. The lowest BCUT2D eigenvalue weighted by atomic mass is 10.1. The number of aliphatic hydroxyl groups excluding tert-OH is 3. The molecular weight excluding hydrogens is 368 g/mol. The van der Waals surface area contributed by atoms with Gasteiger partial charge in [0, 0.05) is 12.7 Å². The van der Waals surface area contributed by atoms with Crippen molar-refractivity contribution in [2.75, 3.05) is 18.5 Å². The number of oxime groups is 1. The number of aliphatic hydroxyl groups is 3. The number of aromatic nitrogens is 3. The highest BCUT2D eigenvalue weighted by molar-refractivity contribution is 6.11. The summed E-state index contributed by atoms with van der Waals surface area (Å²) in [7, 11) is 0. The summed E-state index contributed by atoms with van der Waals surface area (Å²) in [5, 5.41) is 45.6. The van der Waals surface area contributed by atoms with Crippen LogP contribution in [0.1, 0.15) is 25.6 Å². The number of ether oxygens (including phenoxy) is 1. The van der Waals surface area contributed by atoms with E-state index in [1.807, 2.05) is 19.9 Å². The second-order valence-corrected chi connectivity index (χ2v) is 6.75. The molecular formula is C17H24N6O5. The van der Waals surface area contributed by atoms with Gasteiger partial charge in [-0.15, -0.1) is 0 Å². The van der Waals surface area contributed by atoms with E-state index in [2.05, 4.69) is 20.4 Å². The zero-order valence-electron chi connectivity index (χ0n) is 15.5. The van der Waals surface area contributed by atoms with Crippen LogP contribution in [0.15, 0.2) is 29.3 Å². The molecule has 0 spiro atoms. The quantitative estimate of drug-likeness (QED) is 0.125. The molecule has 7 N–H and O–H groups in total. The van der Waals surface area contributed by atoms with E-state index in [-0.39, 0.29) is 5.84 Å². The van der Waals surface area contributed by atoms with Crippen molar-refractivity contribution in [3.8, 4) is 0 Å². The molecule has 11 nitrogen and oxygen atoms in total. The van der Waals surface area contributed by atoms with E-state index in [1.54, 1.807) is 0 Å². The van der Waals surface area contributed by atoms with Crippen LogP contribution in [0, 0.1) is 0 Å². The highest BCUT2D eigenvalue weighted by Crippen LogP contribution is 2.35. The molecule has 3 heterocycles. The Hall–Kier alpha value is -2.73. The van der Waals surface area contributed by atoms with Crippen molar-refractivity contribution in [1.29, 1.82) is 0 Å². The first-order chi connectivity index (χ1) is 13.4. The van der Waals surface area contributed by atoms with E-state index in [0.29, 0.717) is 29.0 Å². The highest BCUT2D eigenvalue weighted by atomic mass is 16.6. The third-order valence-corrected chi connectivity index (χ3v) is 4.56. The fraction of sp³-hybridized carbons (Fsp3) is 0.471. The summed E-state index contributed by atoms with van der Waals surface area (Å²) in [6.07, 6.45) is 0.279. The lowest BCUT2D eigenvalue weighted by Gasteiger charge is -2.17. The van der Waals surface area contributed by atoms with Gasteiger partial charge in [-0.2, -0.15) is 0 Å². The second-order valence-electron chi connectivity index (χ2n) is 6.75. The van der Waals surface area contributed by atoms with E-state index >= 15 is 0 Å². The number of allylic oxidation sites excluding steroid dienone is 1. The fourth-order valence-electron chi connectivity index (χ4n) is 3.12. The molecule has 1 fully saturated rings. The van der Waals surface area contributed by atoms with Crippen molar-refractivity contribution < 1.29 is 25.3 Å². The molecule has 0 amide bonds. The Morgan fingerprint density at radius 2 is 2.11 bits per heavy atom. The Morgan fingerprint density at radius 1 is 1.36 bits per heavy atom. The van der Waals surface area contributed by atoms with Crippen LogP contribution in [0.2, 0.25) is 0 Å². The number of nitrogens with two attached hydrogens (primary N) is 1. The SMILES string of the molecule is CC(C)=CCNc1ncnc2c1c(C(N)=NO)cn2C1OC(CO)C(O)C1O. The van der Waals surface area contributed by atoms with Crippen LogP contribution >= 0.6 is 0 Å². The van der Waals surface area contributed by atoms with E-state index in [4.69, 9.17) is 15.7 Å². The molecule has 4 atom stereocenters. The van der Waals surface area contributed by atoms with E-state index in [1.165, 1.54) is 17.1 Å². The van der Waals surface area contributed by atoms with Crippen molar-refractivity contribution in [3.63, 3.8) is 0 Å². The first-order valence-electron chi connectivity index (χ1n) is 8.72. The fourth-order valence-corrected chi connectivity index (χ4v) is 3.12. The molecule has 1 saturated heterocycles. The van der Waals surface area contributed by atoms with Crippen LogP contribution in [0.5, 0.6) is 0 Å². The molecule has 1 aliphatic heterocycles. The average molecular weight is 392 g/mol. The standard InChI is InChI=1S/C17H24N6O5/c1-8(2)3-4-19-15-11-9(14(18)22-27)5-23(16(11)21-7-20-15)17-13(26)12(25)10(6-24)28-17/h3,5,7,10,12-13,17,24-27H,4,6H2,1-2H3,(H2,18,22)(H,19,20,21). The lowest BCUT2D eigenvalue weighted by molar-refractivity contribution is -0.0508. The summed E-state index contributed by atoms with van der Waals surface area (Å²) in [5.41, 5.74) is 7.64. The van der Waals surface area contributed by atoms with Crippen LogP contribution in [-0.2, 0) is 4.74 Å². The number of amidine groups is 1. The minimum absolute atomic E-state index is 0.171. The topological polar surface area (TPSA) is 171 Å². The first-order valence-corrected chi connectivity index (χ1v) is 8.72. The van der Waals surface area contributed by atoms with Crippen LogP contribution in [-0.4, -0.2) is 72.4 Å². The van der Waals surface area contributed by atoms with Crippen LogP contribution < -0.4 is 11.1 Å². The second kappa shape index (κ2) is 8.10. The number of hydrogen-bond donors (Lipinski definition) is 6. The summed E-state index contributed by atoms with van der Waals surface area (Å²) >= 11 is 0. The summed E-state index contributed by atoms with van der Waals surface area (Å²) in [5.74, 6) is 0.283. The zero-order valence-corrected chi connectivity index (χ0v) is 15.5. The summed E-state index contributed by atoms with van der Waals surface area (Å²) in [6, 6.07) is 0. The lowest BCUT2D eigenvalue weighted by Crippen LogP contribution is -2.33. The molecule has 0 aliphatic carbocycles. The maximum atomic E-state index is 10.4. The summed E-state index contributed by atoms with van der Waals surface area (Å²) in [6.45, 7) is 3.99. The van der Waals surface area contributed by atoms with Crippen molar-refractivity contribution in [2.45, 2.75) is 38.4 Å². The molecule has 1 aliphatic rings. The van der Waals surface area contributed by atoms with Crippen molar-refractivity contribution >= 4 is 22.7 Å². The Labute approximate surface area is 160 Å². The Balaban J connectivity index is 2.11. The molecule has 0 bridgehead atoms. The average Bonchev–Trinajstić information content (AvgIpc) is 3.20. The van der Waals surface area contributed by atoms with Crippen molar-refractivity contribution in [3.05, 3.63) is 29.7 Å². The van der Waals surface area contributed by atoms with Gasteiger partial charge in [-0.25, -0.2) is 9.97 Å². The van der Waals surface area contributed by atoms with E-state index in [9.17, 15) is 15.3 Å². The number of fused-ring (bicyclic) bond motifs is 1. The minimum Gasteiger partial charge on any atom is -0.409 e. The van der Waals surface area contributed by atoms with E-state index in [0.717, 1.165) is 5.57 Å². The third kappa shape index (κ3) is 3.52. The molecule has 4 unspecified atom stereocenters. The molecule has 152 valence electrons. The van der Waals surface area contributed by atoms with Crippen LogP contribution in [0.3, 0.4) is 0 Å². The number of nitrogens with zero attached hydrogens (tertiary/aromatic N) is 4. The monoisotopic (exact) mass is 392 g/mol. The van der Waals surface area contributed by atoms with Crippen molar-refractivity contribution in [1.82, 2.24) is 14.5 Å². The van der Waals surface area contributed by atoms with Gasteiger partial charge in [0.1, 0.15) is 36.1 Å². The van der Waals surface area contributed by atoms with Gasteiger partial charge in [0.25, 0.3) is 0 Å². The molecule has 0 saturated carbocycles. The Kier molecular flexibility index (Phi) is 5.79. The summed E-state index contributed by atoms with van der Waals surface area (Å²) < 4.78 is 7.06. The number of anilines is 1. The van der Waals surface area contributed by atoms with Crippen molar-refractivity contribution in [2.24, 2.45) is 10.9 Å². The van der Waals surface area contributed by atoms with Gasteiger partial charge in [0.05, 0.1) is 17.6 Å². The first kappa shape index (κ1) is 20.0. The zero-order chi connectivity index (χ0) is 20.4. The van der Waals surface area contributed by atoms with Gasteiger partial charge >= 0.3 is 0 Å². The maximum absolute atomic E-state index is 10.4. The van der Waals surface area contributed by atoms with Gasteiger partial charge in [0.15, 0.2) is 12.1 Å². The molecule has 3 rings (SSSR count). The summed E-state index contributed by atoms with van der Waals surface area (Å²) in [4.78, 5) is 8.48. The largest absolute Gasteiger partial charge is 0.409 e. The molecule has 2 aromatic heterocycles. The van der Waals surface area contributed by atoms with Gasteiger partial charge in [-0.1, -0.05) is 16.8 Å². The number of rotatable bonds is 6. The predicted octanol–water partition coefficient (Wildman–Crippen LogP) is -0.485. The van der Waals surface area contributed by atoms with Gasteiger partial charge < -0.3 is 40.9 Å². The Bertz CT molecular complexity index is 907. The van der Waals surface area contributed by atoms with Crippen LogP contribution in [0.4, 0.5) is 5.82 Å². The molecule has 11 heteroatoms. The maximum Gasteiger partial charge on any atom is 0.172 e. The molecule has 0 aromatic carbocycles. The minimum atomic E-state index is -1.30. The Morgan fingerprint density at radius 3 is 2.71 bits per heavy atom. The molecule has 0 radical (unpaired) electrons. The number of hydrogen-bond acceptors (Lipinski definition) is 9. The van der Waals surface area contributed by atoms with Crippen LogP contribution in [0.25, 0.3) is 11.0 Å². The van der Waals surface area contributed by atoms with E-state index < -0.39 is 31.1 Å². The van der Waals surface area contributed by atoms with Gasteiger partial charge in [-0.3, -0.25) is 0 Å². The normalized spacial score (nSPS) is 25.2. The van der Waals surface area contributed by atoms with Gasteiger partial charge in [-0.05, 0) is 13.8 Å². The highest BCUT2D eigenvalue weighted by Gasteiger charge is 2.44. The molecule has 2 aromatic rings. The molecule has 28 heavy (non-hydrogen) atoms. The smallest absolute Gasteiger partial charge is 0.172 e. The van der Waals surface area contributed by atoms with Gasteiger partial charge in [0.2, 0.25) is 0 Å². The predicted molar refractivity (Wildman–Crippen MR) is 101 cm³/mol. The number of nitrogens with one attached hydrogen (secondary N) is 1.